The van der Waals surface area contributed by atoms with E-state index in [1.54, 1.807) is 0 Å². The maximum atomic E-state index is 13.6. The van der Waals surface area contributed by atoms with E-state index in [2.05, 4.69) is 5.10 Å². The molecular weight excluding hydrogens is 462 g/mol. The number of hydrogen-bond donors (Lipinski definition) is 0. The van der Waals surface area contributed by atoms with Gasteiger partial charge in [-0.15, -0.1) is 0 Å². The van der Waals surface area contributed by atoms with Crippen LogP contribution < -0.4 is 9.47 Å². The Morgan fingerprint density at radius 1 is 0.833 bits per heavy atom. The SMILES string of the molecule is COc1cc(OC)c([N+](=O)[O-])cc1/C=N\N1C(=O)[C@@H]2C3c4ccccc4C(c4ccccc43)[C@@H]2C1=O. The van der Waals surface area contributed by atoms with Crippen LogP contribution in [0.2, 0.25) is 0 Å². The van der Waals surface area contributed by atoms with Crippen LogP contribution in [0.5, 0.6) is 11.5 Å². The van der Waals surface area contributed by atoms with Gasteiger partial charge < -0.3 is 9.47 Å². The fourth-order valence-electron chi connectivity index (χ4n) is 6.05. The van der Waals surface area contributed by atoms with Crippen molar-refractivity contribution in [3.8, 4) is 11.5 Å². The number of methoxy groups -OCH3 is 2. The van der Waals surface area contributed by atoms with Gasteiger partial charge in [-0.05, 0) is 22.3 Å². The number of ether oxygens (including phenoxy) is 2. The summed E-state index contributed by atoms with van der Waals surface area (Å²) in [7, 11) is 2.73. The number of imide groups is 1. The summed E-state index contributed by atoms with van der Waals surface area (Å²) in [5, 5.41) is 16.6. The first-order valence-corrected chi connectivity index (χ1v) is 11.5. The van der Waals surface area contributed by atoms with Crippen molar-refractivity contribution in [3.63, 3.8) is 0 Å². The third-order valence-electron chi connectivity index (χ3n) is 7.47. The molecule has 9 heteroatoms. The number of amides is 2. The molecule has 1 saturated heterocycles. The van der Waals surface area contributed by atoms with E-state index in [4.69, 9.17) is 9.47 Å². The van der Waals surface area contributed by atoms with Gasteiger partial charge in [-0.2, -0.15) is 10.1 Å². The third kappa shape index (κ3) is 2.92. The van der Waals surface area contributed by atoms with Crippen molar-refractivity contribution < 1.29 is 24.0 Å². The summed E-state index contributed by atoms with van der Waals surface area (Å²) in [6, 6.07) is 18.6. The Morgan fingerprint density at radius 3 is 1.72 bits per heavy atom. The normalized spacial score (nSPS) is 23.4. The van der Waals surface area contributed by atoms with E-state index in [-0.39, 0.29) is 46.4 Å². The number of benzene rings is 3. The summed E-state index contributed by atoms with van der Waals surface area (Å²) in [5.74, 6) is -2.04. The van der Waals surface area contributed by atoms with Crippen LogP contribution in [0, 0.1) is 22.0 Å². The first-order valence-electron chi connectivity index (χ1n) is 11.5. The molecular formula is C27H21N3O6. The van der Waals surface area contributed by atoms with Crippen LogP contribution in [0.15, 0.2) is 65.8 Å². The Kier molecular flexibility index (Phi) is 4.89. The van der Waals surface area contributed by atoms with Crippen LogP contribution >= 0.6 is 0 Å². The fourth-order valence-corrected chi connectivity index (χ4v) is 6.05. The van der Waals surface area contributed by atoms with E-state index >= 15 is 0 Å². The number of carbonyl (C=O) groups is 2. The van der Waals surface area contributed by atoms with E-state index < -0.39 is 16.8 Å². The van der Waals surface area contributed by atoms with Gasteiger partial charge >= 0.3 is 5.69 Å². The molecule has 1 aliphatic heterocycles. The van der Waals surface area contributed by atoms with Crippen LogP contribution in [0.1, 0.15) is 39.7 Å². The van der Waals surface area contributed by atoms with Gasteiger partial charge in [0.05, 0.1) is 37.2 Å². The van der Waals surface area contributed by atoms with E-state index in [1.807, 2.05) is 48.5 Å². The lowest BCUT2D eigenvalue weighted by molar-refractivity contribution is -0.385. The first-order chi connectivity index (χ1) is 17.5. The second kappa shape index (κ2) is 8.01. The Hall–Kier alpha value is -4.53. The Morgan fingerprint density at radius 2 is 1.31 bits per heavy atom. The number of nitro benzene ring substituents is 1. The molecule has 0 N–H and O–H groups in total. The molecule has 4 aliphatic rings. The quantitative estimate of drug-likeness (QED) is 0.236. The Bertz CT molecular complexity index is 1370. The highest BCUT2D eigenvalue weighted by atomic mass is 16.6. The van der Waals surface area contributed by atoms with E-state index in [9.17, 15) is 19.7 Å². The molecule has 3 aromatic carbocycles. The second-order valence-corrected chi connectivity index (χ2v) is 9.02. The average Bonchev–Trinajstić information content (AvgIpc) is 3.16. The highest BCUT2D eigenvalue weighted by Gasteiger charge is 2.61. The highest BCUT2D eigenvalue weighted by molar-refractivity contribution is 6.08. The summed E-state index contributed by atoms with van der Waals surface area (Å²) >= 11 is 0. The second-order valence-electron chi connectivity index (χ2n) is 9.02. The van der Waals surface area contributed by atoms with Crippen LogP contribution in [0.3, 0.4) is 0 Å². The zero-order valence-corrected chi connectivity index (χ0v) is 19.5. The minimum absolute atomic E-state index is 0.0282. The fraction of sp³-hybridized carbons (Fsp3) is 0.222. The van der Waals surface area contributed by atoms with Crippen molar-refractivity contribution >= 4 is 23.7 Å². The van der Waals surface area contributed by atoms with Gasteiger partial charge in [-0.25, -0.2) is 0 Å². The lowest BCUT2D eigenvalue weighted by Gasteiger charge is -2.45. The zero-order valence-electron chi connectivity index (χ0n) is 19.5. The summed E-state index contributed by atoms with van der Waals surface area (Å²) in [5.41, 5.74) is 4.25. The number of hydrogen-bond acceptors (Lipinski definition) is 7. The monoisotopic (exact) mass is 483 g/mol. The standard InChI is InChI=1S/C27H21N3O6/c1-35-20-12-21(36-2)19(30(33)34)11-14(20)13-28-29-26(31)24-22-15-7-3-4-8-16(15)23(25(24)27(29)32)18-10-6-5-9-17(18)22/h3-13,22-25H,1-2H3/b28-13-/t22?,23?,24-,25+. The molecule has 9 nitrogen and oxygen atoms in total. The molecule has 3 aliphatic carbocycles. The molecule has 0 saturated carbocycles. The minimum atomic E-state index is -0.581. The molecule has 0 spiro atoms. The van der Waals surface area contributed by atoms with Crippen molar-refractivity contribution in [2.75, 3.05) is 14.2 Å². The van der Waals surface area contributed by atoms with Crippen molar-refractivity contribution in [1.82, 2.24) is 5.01 Å². The summed E-state index contributed by atoms with van der Waals surface area (Å²) < 4.78 is 10.4. The lowest BCUT2D eigenvalue weighted by atomic mass is 9.55. The van der Waals surface area contributed by atoms with Crippen molar-refractivity contribution in [1.29, 1.82) is 0 Å². The Balaban J connectivity index is 1.42. The first kappa shape index (κ1) is 22.0. The van der Waals surface area contributed by atoms with Gasteiger partial charge in [-0.3, -0.25) is 19.7 Å². The molecule has 0 unspecified atom stereocenters. The molecule has 3 aromatic rings. The number of hydrazone groups is 1. The molecule has 36 heavy (non-hydrogen) atoms. The predicted octanol–water partition coefficient (Wildman–Crippen LogP) is 3.84. The minimum Gasteiger partial charge on any atom is -0.496 e. The Labute approximate surface area is 206 Å². The van der Waals surface area contributed by atoms with Gasteiger partial charge in [0.25, 0.3) is 11.8 Å². The van der Waals surface area contributed by atoms with Crippen LogP contribution in [0.25, 0.3) is 0 Å². The zero-order chi connectivity index (χ0) is 25.1. The molecule has 0 radical (unpaired) electrons. The van der Waals surface area contributed by atoms with Gasteiger partial charge in [0.1, 0.15) is 5.75 Å². The summed E-state index contributed by atoms with van der Waals surface area (Å²) in [6.07, 6.45) is 1.25. The smallest absolute Gasteiger partial charge is 0.311 e. The molecule has 1 fully saturated rings. The highest BCUT2D eigenvalue weighted by Crippen LogP contribution is 2.61. The number of rotatable bonds is 5. The van der Waals surface area contributed by atoms with Crippen molar-refractivity contribution in [3.05, 3.63) is 98.6 Å². The number of nitro groups is 1. The van der Waals surface area contributed by atoms with Gasteiger partial charge in [0.15, 0.2) is 0 Å². The lowest BCUT2D eigenvalue weighted by Crippen LogP contribution is -2.41. The van der Waals surface area contributed by atoms with Gasteiger partial charge in [0.2, 0.25) is 5.75 Å². The van der Waals surface area contributed by atoms with Gasteiger partial charge in [0, 0.05) is 29.5 Å². The summed E-state index contributed by atoms with van der Waals surface area (Å²) in [6.45, 7) is 0. The molecule has 1 heterocycles. The molecule has 180 valence electrons. The molecule has 2 bridgehead atoms. The molecule has 2 amide bonds. The largest absolute Gasteiger partial charge is 0.496 e. The van der Waals surface area contributed by atoms with Crippen LogP contribution in [-0.2, 0) is 9.59 Å². The van der Waals surface area contributed by atoms with E-state index in [1.165, 1.54) is 32.6 Å². The maximum absolute atomic E-state index is 13.6. The molecule has 0 aromatic heterocycles. The van der Waals surface area contributed by atoms with E-state index in [0.717, 1.165) is 27.3 Å². The van der Waals surface area contributed by atoms with Gasteiger partial charge in [-0.1, -0.05) is 48.5 Å². The van der Waals surface area contributed by atoms with E-state index in [0.29, 0.717) is 0 Å². The predicted molar refractivity (Wildman–Crippen MR) is 129 cm³/mol. The van der Waals surface area contributed by atoms with Crippen molar-refractivity contribution in [2.24, 2.45) is 16.9 Å². The third-order valence-corrected chi connectivity index (χ3v) is 7.47. The molecule has 2 atom stereocenters. The van der Waals surface area contributed by atoms with Crippen LogP contribution in [0.4, 0.5) is 5.69 Å². The van der Waals surface area contributed by atoms with Crippen LogP contribution in [-0.4, -0.2) is 42.2 Å². The number of carbonyl (C=O) groups excluding carboxylic acids is 2. The van der Waals surface area contributed by atoms with Crippen molar-refractivity contribution in [2.45, 2.75) is 11.8 Å². The average molecular weight is 483 g/mol. The number of nitrogens with zero attached hydrogens (tertiary/aromatic N) is 3. The molecule has 7 rings (SSSR count). The maximum Gasteiger partial charge on any atom is 0.311 e. The topological polar surface area (TPSA) is 111 Å². The summed E-state index contributed by atoms with van der Waals surface area (Å²) in [4.78, 5) is 38.2.